The van der Waals surface area contributed by atoms with E-state index in [0.717, 1.165) is 28.7 Å². The number of hydrogen-bond donors (Lipinski definition) is 1. The van der Waals surface area contributed by atoms with Gasteiger partial charge in [0.1, 0.15) is 6.10 Å². The molecule has 0 radical (unpaired) electrons. The van der Waals surface area contributed by atoms with E-state index in [-0.39, 0.29) is 18.1 Å². The molecule has 138 valence electrons. The van der Waals surface area contributed by atoms with Crippen molar-refractivity contribution < 1.29 is 13.9 Å². The molecule has 7 heteroatoms. The smallest absolute Gasteiger partial charge is 0.317 e. The summed E-state index contributed by atoms with van der Waals surface area (Å²) < 4.78 is 18.5. The number of nitrogens with one attached hydrogen (secondary N) is 1. The Labute approximate surface area is 156 Å². The van der Waals surface area contributed by atoms with Crippen LogP contribution in [-0.4, -0.2) is 40.1 Å². The van der Waals surface area contributed by atoms with Gasteiger partial charge in [-0.15, -0.1) is 0 Å². The third-order valence-electron chi connectivity index (χ3n) is 4.61. The maximum absolute atomic E-state index is 12.8. The predicted octanol–water partition coefficient (Wildman–Crippen LogP) is 3.13. The van der Waals surface area contributed by atoms with Crippen molar-refractivity contribution >= 4 is 16.8 Å². The van der Waals surface area contributed by atoms with Crippen molar-refractivity contribution in [1.82, 2.24) is 20.2 Å². The molecule has 1 aliphatic heterocycles. The van der Waals surface area contributed by atoms with Crippen molar-refractivity contribution in [3.63, 3.8) is 0 Å². The van der Waals surface area contributed by atoms with Gasteiger partial charge in [0.15, 0.2) is 5.82 Å². The average Bonchev–Trinajstić information content (AvgIpc) is 3.16. The van der Waals surface area contributed by atoms with Crippen molar-refractivity contribution in [1.29, 1.82) is 0 Å². The highest BCUT2D eigenvalue weighted by molar-refractivity contribution is 5.86. The highest BCUT2D eigenvalue weighted by Gasteiger charge is 2.28. The minimum Gasteiger partial charge on any atom is -0.458 e. The first-order valence-electron chi connectivity index (χ1n) is 8.82. The number of amides is 2. The van der Waals surface area contributed by atoms with E-state index in [0.29, 0.717) is 26.1 Å². The number of benzene rings is 2. The van der Waals surface area contributed by atoms with Crippen LogP contribution >= 0.6 is 0 Å². The van der Waals surface area contributed by atoms with E-state index in [2.05, 4.69) is 33.5 Å². The number of ether oxygens (including phenoxy) is 1. The van der Waals surface area contributed by atoms with Crippen LogP contribution in [0.15, 0.2) is 54.9 Å². The fraction of sp³-hybridized carbons (Fsp3) is 0.250. The molecule has 6 nitrogen and oxygen atoms in total. The molecule has 27 heavy (non-hydrogen) atoms. The maximum atomic E-state index is 12.8. The van der Waals surface area contributed by atoms with E-state index in [9.17, 15) is 9.18 Å². The SMILES string of the molecule is O=C(NCc1cccc2ccccc12)N1CCC(Oc2ncc(F)cn2)C1. The number of nitrogens with zero attached hydrogens (tertiary/aromatic N) is 3. The van der Waals surface area contributed by atoms with Gasteiger partial charge in [-0.25, -0.2) is 19.2 Å². The van der Waals surface area contributed by atoms with Crippen LogP contribution in [0.1, 0.15) is 12.0 Å². The summed E-state index contributed by atoms with van der Waals surface area (Å²) in [6, 6.07) is 14.2. The summed E-state index contributed by atoms with van der Waals surface area (Å²) in [5, 5.41) is 5.26. The number of fused-ring (bicyclic) bond motifs is 1. The van der Waals surface area contributed by atoms with Gasteiger partial charge in [0.25, 0.3) is 0 Å². The van der Waals surface area contributed by atoms with Gasteiger partial charge in [-0.1, -0.05) is 42.5 Å². The summed E-state index contributed by atoms with van der Waals surface area (Å²) >= 11 is 0. The molecule has 0 saturated carbocycles. The average molecular weight is 366 g/mol. The molecule has 2 amide bonds. The van der Waals surface area contributed by atoms with Crippen LogP contribution < -0.4 is 10.1 Å². The number of carbonyl (C=O) groups is 1. The molecule has 1 unspecified atom stereocenters. The Kier molecular flexibility index (Phi) is 4.82. The number of urea groups is 1. The summed E-state index contributed by atoms with van der Waals surface area (Å²) in [6.45, 7) is 1.50. The Morgan fingerprint density at radius 2 is 1.96 bits per heavy atom. The zero-order valence-corrected chi connectivity index (χ0v) is 14.6. The fourth-order valence-corrected chi connectivity index (χ4v) is 3.25. The molecule has 1 aliphatic rings. The Morgan fingerprint density at radius 1 is 1.19 bits per heavy atom. The van der Waals surface area contributed by atoms with Crippen LogP contribution in [0.4, 0.5) is 9.18 Å². The van der Waals surface area contributed by atoms with E-state index < -0.39 is 5.82 Å². The van der Waals surface area contributed by atoms with Gasteiger partial charge in [0.05, 0.1) is 18.9 Å². The van der Waals surface area contributed by atoms with Gasteiger partial charge >= 0.3 is 12.0 Å². The largest absolute Gasteiger partial charge is 0.458 e. The quantitative estimate of drug-likeness (QED) is 0.770. The zero-order valence-electron chi connectivity index (χ0n) is 14.6. The molecule has 0 bridgehead atoms. The summed E-state index contributed by atoms with van der Waals surface area (Å²) in [5.41, 5.74) is 1.08. The van der Waals surface area contributed by atoms with Crippen LogP contribution in [0.2, 0.25) is 0 Å². The van der Waals surface area contributed by atoms with E-state index in [1.54, 1.807) is 4.90 Å². The molecule has 1 fully saturated rings. The van der Waals surface area contributed by atoms with Crippen molar-refractivity contribution in [3.05, 3.63) is 66.2 Å². The fourth-order valence-electron chi connectivity index (χ4n) is 3.25. The number of aromatic nitrogens is 2. The van der Waals surface area contributed by atoms with Crippen molar-refractivity contribution in [2.45, 2.75) is 19.1 Å². The molecule has 1 N–H and O–H groups in total. The van der Waals surface area contributed by atoms with E-state index in [1.165, 1.54) is 0 Å². The number of likely N-dealkylation sites (tertiary alicyclic amines) is 1. The van der Waals surface area contributed by atoms with Gasteiger partial charge < -0.3 is 15.0 Å². The first-order valence-corrected chi connectivity index (χ1v) is 8.82. The van der Waals surface area contributed by atoms with Crippen molar-refractivity contribution in [3.8, 4) is 6.01 Å². The normalized spacial score (nSPS) is 16.5. The molecule has 0 aliphatic carbocycles. The Morgan fingerprint density at radius 3 is 2.81 bits per heavy atom. The topological polar surface area (TPSA) is 67.4 Å². The lowest BCUT2D eigenvalue weighted by molar-refractivity contribution is 0.177. The summed E-state index contributed by atoms with van der Waals surface area (Å²) in [7, 11) is 0. The minimum atomic E-state index is -0.511. The molecular formula is C20H19FN4O2. The summed E-state index contributed by atoms with van der Waals surface area (Å²) in [5.74, 6) is -0.511. The molecule has 0 spiro atoms. The molecule has 1 aromatic heterocycles. The third-order valence-corrected chi connectivity index (χ3v) is 4.61. The first-order chi connectivity index (χ1) is 13.2. The third kappa shape index (κ3) is 3.97. The lowest BCUT2D eigenvalue weighted by Crippen LogP contribution is -2.39. The van der Waals surface area contributed by atoms with E-state index in [1.807, 2.05) is 24.3 Å². The van der Waals surface area contributed by atoms with E-state index in [4.69, 9.17) is 4.74 Å². The van der Waals surface area contributed by atoms with Gasteiger partial charge in [-0.3, -0.25) is 0 Å². The second kappa shape index (κ2) is 7.57. The predicted molar refractivity (Wildman–Crippen MR) is 98.8 cm³/mol. The van der Waals surface area contributed by atoms with Gasteiger partial charge in [-0.2, -0.15) is 0 Å². The highest BCUT2D eigenvalue weighted by atomic mass is 19.1. The van der Waals surface area contributed by atoms with Gasteiger partial charge in [0, 0.05) is 19.5 Å². The van der Waals surface area contributed by atoms with Gasteiger partial charge in [-0.05, 0) is 16.3 Å². The maximum Gasteiger partial charge on any atom is 0.317 e. The molecular weight excluding hydrogens is 347 g/mol. The number of carbonyl (C=O) groups excluding carboxylic acids is 1. The number of halogens is 1. The molecule has 4 rings (SSSR count). The lowest BCUT2D eigenvalue weighted by atomic mass is 10.0. The molecule has 1 saturated heterocycles. The van der Waals surface area contributed by atoms with E-state index >= 15 is 0 Å². The summed E-state index contributed by atoms with van der Waals surface area (Å²) in [4.78, 5) is 21.8. The molecule has 1 atom stereocenters. The monoisotopic (exact) mass is 366 g/mol. The van der Waals surface area contributed by atoms with Crippen LogP contribution in [0.5, 0.6) is 6.01 Å². The lowest BCUT2D eigenvalue weighted by Gasteiger charge is -2.18. The highest BCUT2D eigenvalue weighted by Crippen LogP contribution is 2.19. The van der Waals surface area contributed by atoms with Crippen LogP contribution in [0.25, 0.3) is 10.8 Å². The van der Waals surface area contributed by atoms with Crippen LogP contribution in [-0.2, 0) is 6.54 Å². The number of rotatable bonds is 4. The molecule has 3 aromatic rings. The van der Waals surface area contributed by atoms with Crippen LogP contribution in [0.3, 0.4) is 0 Å². The molecule has 2 aromatic carbocycles. The second-order valence-corrected chi connectivity index (χ2v) is 6.46. The Balaban J connectivity index is 1.33. The zero-order chi connectivity index (χ0) is 18.6. The van der Waals surface area contributed by atoms with Gasteiger partial charge in [0.2, 0.25) is 0 Å². The Hall–Kier alpha value is -3.22. The van der Waals surface area contributed by atoms with Crippen LogP contribution in [0, 0.1) is 5.82 Å². The number of hydrogen-bond acceptors (Lipinski definition) is 4. The molecule has 2 heterocycles. The minimum absolute atomic E-state index is 0.124. The second-order valence-electron chi connectivity index (χ2n) is 6.46. The summed E-state index contributed by atoms with van der Waals surface area (Å²) in [6.07, 6.45) is 2.61. The first kappa shape index (κ1) is 17.2. The Bertz CT molecular complexity index is 943. The van der Waals surface area contributed by atoms with Crippen molar-refractivity contribution in [2.24, 2.45) is 0 Å². The van der Waals surface area contributed by atoms with Crippen molar-refractivity contribution in [2.75, 3.05) is 13.1 Å². The standard InChI is InChI=1S/C20H19FN4O2/c21-16-11-22-19(23-12-16)27-17-8-9-25(13-17)20(26)24-10-15-6-3-5-14-4-1-2-7-18(14)15/h1-7,11-12,17H,8-10,13H2,(H,24,26).